The highest BCUT2D eigenvalue weighted by atomic mass is 32.2. The van der Waals surface area contributed by atoms with Crippen molar-refractivity contribution >= 4 is 40.5 Å². The highest BCUT2D eigenvalue weighted by molar-refractivity contribution is 7.99. The second-order valence-corrected chi connectivity index (χ2v) is 8.23. The summed E-state index contributed by atoms with van der Waals surface area (Å²) in [5.41, 5.74) is 4.42. The third kappa shape index (κ3) is 5.02. The average molecular weight is 474 g/mol. The Balaban J connectivity index is 1.56. The van der Waals surface area contributed by atoms with E-state index >= 15 is 0 Å². The van der Waals surface area contributed by atoms with Gasteiger partial charge in [-0.2, -0.15) is 5.10 Å². The van der Waals surface area contributed by atoms with Crippen molar-refractivity contribution in [2.24, 2.45) is 5.10 Å². The van der Waals surface area contributed by atoms with Crippen molar-refractivity contribution in [1.29, 1.82) is 0 Å². The molecule has 1 N–H and O–H groups in total. The van der Waals surface area contributed by atoms with E-state index in [0.29, 0.717) is 21.7 Å². The first kappa shape index (κ1) is 22.9. The lowest BCUT2D eigenvalue weighted by Crippen LogP contribution is -2.24. The average Bonchev–Trinajstić information content (AvgIpc) is 2.84. The van der Waals surface area contributed by atoms with Crippen LogP contribution in [0.15, 0.2) is 87.8 Å². The summed E-state index contributed by atoms with van der Waals surface area (Å²) < 4.78 is 1.48. The predicted octanol–water partition coefficient (Wildman–Crippen LogP) is 3.84. The van der Waals surface area contributed by atoms with Gasteiger partial charge in [-0.3, -0.25) is 24.3 Å². The number of nitro groups is 1. The Hall–Kier alpha value is -4.31. The van der Waals surface area contributed by atoms with E-state index < -0.39 is 10.8 Å². The Labute approximate surface area is 198 Å². The van der Waals surface area contributed by atoms with Crippen LogP contribution in [0.3, 0.4) is 0 Å². The Morgan fingerprint density at radius 1 is 1.15 bits per heavy atom. The lowest BCUT2D eigenvalue weighted by atomic mass is 10.1. The van der Waals surface area contributed by atoms with Gasteiger partial charge >= 0.3 is 0 Å². The topological polar surface area (TPSA) is 119 Å². The Morgan fingerprint density at radius 2 is 1.88 bits per heavy atom. The van der Waals surface area contributed by atoms with Crippen LogP contribution in [0.2, 0.25) is 0 Å². The van der Waals surface area contributed by atoms with Crippen LogP contribution in [-0.4, -0.2) is 32.3 Å². The van der Waals surface area contributed by atoms with Gasteiger partial charge in [-0.1, -0.05) is 53.7 Å². The number of aromatic nitrogens is 2. The molecule has 3 aromatic carbocycles. The highest BCUT2D eigenvalue weighted by Gasteiger charge is 2.15. The summed E-state index contributed by atoms with van der Waals surface area (Å²) in [5.74, 6) is -0.511. The molecule has 0 bridgehead atoms. The van der Waals surface area contributed by atoms with E-state index in [9.17, 15) is 19.7 Å². The number of benzene rings is 3. The normalized spacial score (nSPS) is 11.1. The summed E-state index contributed by atoms with van der Waals surface area (Å²) >= 11 is 1.10. The molecule has 1 heterocycles. The second-order valence-electron chi connectivity index (χ2n) is 7.29. The molecule has 0 saturated carbocycles. The Bertz CT molecular complexity index is 1470. The monoisotopic (exact) mass is 473 g/mol. The molecule has 4 aromatic rings. The standard InChI is InChI=1S/C24H19N5O4S/c1-16-11-12-20-19(13-16)23(31)28(18-8-3-2-4-9-18)24(26-20)34-15-22(30)27-25-14-17-7-5-6-10-21(17)29(32)33/h2-14H,15H2,1H3,(H,27,30)/b25-14+. The van der Waals surface area contributed by atoms with Crippen molar-refractivity contribution in [3.63, 3.8) is 0 Å². The molecule has 4 rings (SSSR count). The molecule has 0 saturated heterocycles. The van der Waals surface area contributed by atoms with Crippen molar-refractivity contribution < 1.29 is 9.72 Å². The van der Waals surface area contributed by atoms with Gasteiger partial charge in [0.15, 0.2) is 5.16 Å². The van der Waals surface area contributed by atoms with Gasteiger partial charge in [0.2, 0.25) is 0 Å². The molecule has 0 fully saturated rings. The van der Waals surface area contributed by atoms with Crippen LogP contribution in [-0.2, 0) is 4.79 Å². The molecule has 1 aromatic heterocycles. The Kier molecular flexibility index (Phi) is 6.79. The number of hydrogen-bond acceptors (Lipinski definition) is 7. The number of para-hydroxylation sites is 2. The van der Waals surface area contributed by atoms with Gasteiger partial charge < -0.3 is 0 Å². The van der Waals surface area contributed by atoms with Crippen LogP contribution in [0.4, 0.5) is 5.69 Å². The summed E-state index contributed by atoms with van der Waals surface area (Å²) in [6.07, 6.45) is 1.22. The molecule has 170 valence electrons. The maximum Gasteiger partial charge on any atom is 0.278 e. The third-order valence-electron chi connectivity index (χ3n) is 4.87. The second kappa shape index (κ2) is 10.1. The zero-order valence-electron chi connectivity index (χ0n) is 18.0. The largest absolute Gasteiger partial charge is 0.278 e. The zero-order valence-corrected chi connectivity index (χ0v) is 18.9. The van der Waals surface area contributed by atoms with Crippen LogP contribution < -0.4 is 11.0 Å². The number of nitrogens with one attached hydrogen (secondary N) is 1. The summed E-state index contributed by atoms with van der Waals surface area (Å²) in [6, 6.07) is 20.6. The number of nitro benzene ring substituents is 1. The van der Waals surface area contributed by atoms with E-state index in [-0.39, 0.29) is 22.6 Å². The van der Waals surface area contributed by atoms with Gasteiger partial charge in [-0.15, -0.1) is 0 Å². The lowest BCUT2D eigenvalue weighted by molar-refractivity contribution is -0.385. The van der Waals surface area contributed by atoms with Crippen molar-refractivity contribution in [1.82, 2.24) is 15.0 Å². The van der Waals surface area contributed by atoms with Gasteiger partial charge in [-0.05, 0) is 37.3 Å². The van der Waals surface area contributed by atoms with Crippen molar-refractivity contribution in [3.05, 3.63) is 104 Å². The summed E-state index contributed by atoms with van der Waals surface area (Å²) in [4.78, 5) is 40.8. The SMILES string of the molecule is Cc1ccc2nc(SCC(=O)N/N=C/c3ccccc3[N+](=O)[O-])n(-c3ccccc3)c(=O)c2c1. The van der Waals surface area contributed by atoms with Crippen LogP contribution in [0.1, 0.15) is 11.1 Å². The molecule has 1 amide bonds. The number of hydrazone groups is 1. The summed E-state index contributed by atoms with van der Waals surface area (Å²) in [7, 11) is 0. The quantitative estimate of drug-likeness (QED) is 0.143. The van der Waals surface area contributed by atoms with E-state index in [4.69, 9.17) is 0 Å². The van der Waals surface area contributed by atoms with E-state index in [0.717, 1.165) is 17.3 Å². The Morgan fingerprint density at radius 3 is 2.65 bits per heavy atom. The van der Waals surface area contributed by atoms with Crippen LogP contribution in [0, 0.1) is 17.0 Å². The zero-order chi connectivity index (χ0) is 24.1. The molecule has 0 aliphatic carbocycles. The molecule has 10 heteroatoms. The predicted molar refractivity (Wildman–Crippen MR) is 132 cm³/mol. The number of amides is 1. The number of carbonyl (C=O) groups is 1. The van der Waals surface area contributed by atoms with Crippen molar-refractivity contribution in [2.75, 3.05) is 5.75 Å². The first-order valence-corrected chi connectivity index (χ1v) is 11.2. The number of rotatable bonds is 7. The molecule has 0 radical (unpaired) electrons. The molecule has 0 unspecified atom stereocenters. The lowest BCUT2D eigenvalue weighted by Gasteiger charge is -2.13. The number of aryl methyl sites for hydroxylation is 1. The molecule has 9 nitrogen and oxygen atoms in total. The minimum atomic E-state index is -0.519. The molecular formula is C24H19N5O4S. The number of fused-ring (bicyclic) bond motifs is 1. The van der Waals surface area contributed by atoms with E-state index in [2.05, 4.69) is 15.5 Å². The van der Waals surface area contributed by atoms with E-state index in [1.54, 1.807) is 36.4 Å². The smallest absolute Gasteiger partial charge is 0.272 e. The molecule has 0 aliphatic heterocycles. The van der Waals surface area contributed by atoms with Crippen LogP contribution in [0.25, 0.3) is 16.6 Å². The third-order valence-corrected chi connectivity index (χ3v) is 5.80. The minimum absolute atomic E-state index is 0.0646. The molecule has 0 spiro atoms. The van der Waals surface area contributed by atoms with Crippen molar-refractivity contribution in [2.45, 2.75) is 12.1 Å². The summed E-state index contributed by atoms with van der Waals surface area (Å²) in [6.45, 7) is 1.91. The van der Waals surface area contributed by atoms with Gasteiger partial charge in [0.1, 0.15) is 0 Å². The first-order valence-electron chi connectivity index (χ1n) is 10.2. The number of hydrogen-bond donors (Lipinski definition) is 1. The molecule has 0 atom stereocenters. The highest BCUT2D eigenvalue weighted by Crippen LogP contribution is 2.22. The maximum absolute atomic E-state index is 13.3. The van der Waals surface area contributed by atoms with Crippen LogP contribution >= 0.6 is 11.8 Å². The fraction of sp³-hybridized carbons (Fsp3) is 0.0833. The number of nitrogens with zero attached hydrogens (tertiary/aromatic N) is 4. The fourth-order valence-corrected chi connectivity index (χ4v) is 4.08. The van der Waals surface area contributed by atoms with Crippen molar-refractivity contribution in [3.8, 4) is 5.69 Å². The van der Waals surface area contributed by atoms with Gasteiger partial charge in [0, 0.05) is 6.07 Å². The molecule has 0 aliphatic rings. The van der Waals surface area contributed by atoms with Gasteiger partial charge in [0.25, 0.3) is 17.2 Å². The number of thioether (sulfide) groups is 1. The molecule has 34 heavy (non-hydrogen) atoms. The number of carbonyl (C=O) groups excluding carboxylic acids is 1. The maximum atomic E-state index is 13.3. The minimum Gasteiger partial charge on any atom is -0.272 e. The van der Waals surface area contributed by atoms with Crippen LogP contribution in [0.5, 0.6) is 0 Å². The van der Waals surface area contributed by atoms with E-state index in [1.165, 1.54) is 22.9 Å². The van der Waals surface area contributed by atoms with Gasteiger partial charge in [-0.25, -0.2) is 10.4 Å². The fourth-order valence-electron chi connectivity index (χ4n) is 3.28. The summed E-state index contributed by atoms with van der Waals surface area (Å²) in [5, 5.41) is 15.8. The van der Waals surface area contributed by atoms with Gasteiger partial charge in [0.05, 0.1) is 39.0 Å². The molecular weight excluding hydrogens is 454 g/mol. The first-order chi connectivity index (χ1) is 16.4. The van der Waals surface area contributed by atoms with E-state index in [1.807, 2.05) is 31.2 Å².